The van der Waals surface area contributed by atoms with E-state index in [9.17, 15) is 0 Å². The van der Waals surface area contributed by atoms with Crippen LogP contribution in [-0.4, -0.2) is 54.6 Å². The van der Waals surface area contributed by atoms with Crippen LogP contribution in [0.15, 0.2) is 0 Å². The zero-order valence-corrected chi connectivity index (χ0v) is 13.2. The van der Waals surface area contributed by atoms with Gasteiger partial charge in [-0.15, -0.1) is 0 Å². The van der Waals surface area contributed by atoms with Gasteiger partial charge >= 0.3 is 0 Å². The summed E-state index contributed by atoms with van der Waals surface area (Å²) in [4.78, 5) is 5.22. The van der Waals surface area contributed by atoms with E-state index >= 15 is 0 Å². The van der Waals surface area contributed by atoms with Gasteiger partial charge in [-0.05, 0) is 65.2 Å². The number of hydrogen-bond donors (Lipinski definition) is 1. The molecule has 2 fully saturated rings. The number of piperidine rings is 2. The van der Waals surface area contributed by atoms with Crippen LogP contribution in [0.1, 0.15) is 52.4 Å². The van der Waals surface area contributed by atoms with E-state index in [1.807, 2.05) is 0 Å². The quantitative estimate of drug-likeness (QED) is 0.848. The third-order valence-corrected chi connectivity index (χ3v) is 5.72. The Morgan fingerprint density at radius 1 is 1.21 bits per heavy atom. The molecule has 2 unspecified atom stereocenters. The van der Waals surface area contributed by atoms with Gasteiger partial charge in [0.05, 0.1) is 0 Å². The summed E-state index contributed by atoms with van der Waals surface area (Å²) in [5, 5.41) is 0. The summed E-state index contributed by atoms with van der Waals surface area (Å²) in [7, 11) is 2.25. The Morgan fingerprint density at radius 2 is 1.89 bits per heavy atom. The monoisotopic (exact) mass is 267 g/mol. The molecule has 2 saturated heterocycles. The maximum atomic E-state index is 6.21. The zero-order chi connectivity index (χ0) is 13.9. The summed E-state index contributed by atoms with van der Waals surface area (Å²) < 4.78 is 0. The van der Waals surface area contributed by atoms with Gasteiger partial charge in [0.2, 0.25) is 0 Å². The van der Waals surface area contributed by atoms with Crippen LogP contribution in [0.5, 0.6) is 0 Å². The molecule has 0 amide bonds. The van der Waals surface area contributed by atoms with Crippen molar-refractivity contribution in [2.75, 3.05) is 33.2 Å². The van der Waals surface area contributed by atoms with E-state index < -0.39 is 0 Å². The molecule has 112 valence electrons. The van der Waals surface area contributed by atoms with Crippen molar-refractivity contribution in [2.24, 2.45) is 11.7 Å². The Morgan fingerprint density at radius 3 is 2.42 bits per heavy atom. The summed E-state index contributed by atoms with van der Waals surface area (Å²) in [6.45, 7) is 9.26. The van der Waals surface area contributed by atoms with Crippen molar-refractivity contribution in [2.45, 2.75) is 64.0 Å². The normalized spacial score (nSPS) is 35.7. The predicted octanol–water partition coefficient (Wildman–Crippen LogP) is 2.31. The van der Waals surface area contributed by atoms with E-state index in [0.717, 1.165) is 12.5 Å². The fourth-order valence-electron chi connectivity index (χ4n) is 4.12. The van der Waals surface area contributed by atoms with Gasteiger partial charge in [0.15, 0.2) is 0 Å². The van der Waals surface area contributed by atoms with Crippen molar-refractivity contribution < 1.29 is 0 Å². The Hall–Kier alpha value is -0.120. The first-order chi connectivity index (χ1) is 9.11. The molecule has 2 heterocycles. The molecule has 2 atom stereocenters. The lowest BCUT2D eigenvalue weighted by Gasteiger charge is -2.52. The molecular formula is C16H33N3. The first-order valence-corrected chi connectivity index (χ1v) is 8.26. The van der Waals surface area contributed by atoms with Crippen molar-refractivity contribution in [3.8, 4) is 0 Å². The average molecular weight is 267 g/mol. The fourth-order valence-corrected chi connectivity index (χ4v) is 4.12. The fraction of sp³-hybridized carbons (Fsp3) is 1.00. The van der Waals surface area contributed by atoms with E-state index in [1.54, 1.807) is 0 Å². The number of nitrogens with zero attached hydrogens (tertiary/aromatic N) is 2. The maximum Gasteiger partial charge on any atom is 0.0358 e. The molecule has 0 bridgehead atoms. The molecule has 2 aliphatic heterocycles. The van der Waals surface area contributed by atoms with Gasteiger partial charge in [-0.1, -0.05) is 19.8 Å². The third-order valence-electron chi connectivity index (χ3n) is 5.72. The van der Waals surface area contributed by atoms with E-state index in [4.69, 9.17) is 5.73 Å². The molecule has 0 spiro atoms. The van der Waals surface area contributed by atoms with Crippen LogP contribution in [-0.2, 0) is 0 Å². The Bertz CT molecular complexity index is 273. The summed E-state index contributed by atoms with van der Waals surface area (Å²) >= 11 is 0. The van der Waals surface area contributed by atoms with Gasteiger partial charge < -0.3 is 10.6 Å². The highest BCUT2D eigenvalue weighted by Gasteiger charge is 2.41. The predicted molar refractivity (Wildman–Crippen MR) is 82.3 cm³/mol. The van der Waals surface area contributed by atoms with Crippen molar-refractivity contribution in [3.63, 3.8) is 0 Å². The Kier molecular flexibility index (Phi) is 5.27. The SMILES string of the molecule is CCCC1CCN(C2(CN)CCN(C)C(C)C2)CC1. The lowest BCUT2D eigenvalue weighted by atomic mass is 9.79. The second-order valence-corrected chi connectivity index (χ2v) is 6.93. The van der Waals surface area contributed by atoms with E-state index in [-0.39, 0.29) is 0 Å². The number of likely N-dealkylation sites (tertiary alicyclic amines) is 2. The maximum absolute atomic E-state index is 6.21. The molecule has 2 aliphatic rings. The molecule has 19 heavy (non-hydrogen) atoms. The topological polar surface area (TPSA) is 32.5 Å². The molecule has 0 aromatic rings. The standard InChI is InChI=1S/C16H33N3/c1-4-5-15-6-9-19(10-7-15)16(13-17)8-11-18(3)14(2)12-16/h14-15H,4-13,17H2,1-3H3. The second-order valence-electron chi connectivity index (χ2n) is 6.93. The van der Waals surface area contributed by atoms with Crippen LogP contribution < -0.4 is 5.73 Å². The average Bonchev–Trinajstić information content (AvgIpc) is 2.43. The summed E-state index contributed by atoms with van der Waals surface area (Å²) in [6, 6.07) is 0.672. The van der Waals surface area contributed by atoms with Gasteiger partial charge in [0.1, 0.15) is 0 Å². The van der Waals surface area contributed by atoms with Crippen LogP contribution in [0.25, 0.3) is 0 Å². The van der Waals surface area contributed by atoms with Crippen molar-refractivity contribution in [1.29, 1.82) is 0 Å². The highest BCUT2D eigenvalue weighted by atomic mass is 15.3. The molecule has 0 saturated carbocycles. The number of nitrogens with two attached hydrogens (primary N) is 1. The minimum absolute atomic E-state index is 0.295. The van der Waals surface area contributed by atoms with Crippen molar-refractivity contribution in [1.82, 2.24) is 9.80 Å². The minimum Gasteiger partial charge on any atom is -0.329 e. The Balaban J connectivity index is 1.95. The van der Waals surface area contributed by atoms with Gasteiger partial charge in [0, 0.05) is 18.1 Å². The van der Waals surface area contributed by atoms with Crippen molar-refractivity contribution >= 4 is 0 Å². The molecule has 3 nitrogen and oxygen atoms in total. The van der Waals surface area contributed by atoms with E-state index in [1.165, 1.54) is 58.2 Å². The van der Waals surface area contributed by atoms with Crippen LogP contribution in [0.3, 0.4) is 0 Å². The number of hydrogen-bond acceptors (Lipinski definition) is 3. The third kappa shape index (κ3) is 3.32. The molecule has 0 aliphatic carbocycles. The largest absolute Gasteiger partial charge is 0.329 e. The van der Waals surface area contributed by atoms with Crippen LogP contribution in [0.4, 0.5) is 0 Å². The van der Waals surface area contributed by atoms with E-state index in [2.05, 4.69) is 30.7 Å². The lowest BCUT2D eigenvalue weighted by Crippen LogP contribution is -2.62. The van der Waals surface area contributed by atoms with Crippen LogP contribution in [0.2, 0.25) is 0 Å². The van der Waals surface area contributed by atoms with Gasteiger partial charge in [0.25, 0.3) is 0 Å². The summed E-state index contributed by atoms with van der Waals surface area (Å²) in [5.41, 5.74) is 6.50. The molecule has 0 aromatic heterocycles. The lowest BCUT2D eigenvalue weighted by molar-refractivity contribution is -0.00978. The van der Waals surface area contributed by atoms with Gasteiger partial charge in [-0.3, -0.25) is 4.90 Å². The van der Waals surface area contributed by atoms with Crippen molar-refractivity contribution in [3.05, 3.63) is 0 Å². The van der Waals surface area contributed by atoms with E-state index in [0.29, 0.717) is 11.6 Å². The Labute approximate surface area is 119 Å². The minimum atomic E-state index is 0.295. The first-order valence-electron chi connectivity index (χ1n) is 8.26. The molecule has 0 radical (unpaired) electrons. The highest BCUT2D eigenvalue weighted by Crippen LogP contribution is 2.34. The van der Waals surface area contributed by atoms with Gasteiger partial charge in [-0.2, -0.15) is 0 Å². The second kappa shape index (κ2) is 6.55. The molecule has 0 aromatic carbocycles. The van der Waals surface area contributed by atoms with Crippen LogP contribution >= 0.6 is 0 Å². The van der Waals surface area contributed by atoms with Gasteiger partial charge in [-0.25, -0.2) is 0 Å². The highest BCUT2D eigenvalue weighted by molar-refractivity contribution is 4.99. The number of rotatable bonds is 4. The molecule has 2 N–H and O–H groups in total. The smallest absolute Gasteiger partial charge is 0.0358 e. The molecule has 3 heteroatoms. The summed E-state index contributed by atoms with van der Waals surface area (Å²) in [5.74, 6) is 0.972. The zero-order valence-electron chi connectivity index (χ0n) is 13.2. The van der Waals surface area contributed by atoms with Crippen LogP contribution in [0, 0.1) is 5.92 Å². The summed E-state index contributed by atoms with van der Waals surface area (Å²) in [6.07, 6.45) is 8.04. The first kappa shape index (κ1) is 15.3. The molecule has 2 rings (SSSR count). The molecular weight excluding hydrogens is 234 g/mol.